The van der Waals surface area contributed by atoms with Gasteiger partial charge in [0.05, 0.1) is 17.1 Å². The molecule has 0 bridgehead atoms. The van der Waals surface area contributed by atoms with E-state index in [4.69, 9.17) is 0 Å². The summed E-state index contributed by atoms with van der Waals surface area (Å²) in [6.07, 6.45) is 6.12. The first-order chi connectivity index (χ1) is 11.8. The quantitative estimate of drug-likeness (QED) is 0.769. The Morgan fingerprint density at radius 1 is 1.20 bits per heavy atom. The lowest BCUT2D eigenvalue weighted by molar-refractivity contribution is 0.0941. The minimum absolute atomic E-state index is 0.247. The van der Waals surface area contributed by atoms with Gasteiger partial charge in [0.1, 0.15) is 5.56 Å². The first kappa shape index (κ1) is 17.1. The molecule has 0 aliphatic rings. The first-order valence-corrected chi connectivity index (χ1v) is 9.56. The van der Waals surface area contributed by atoms with Crippen molar-refractivity contribution < 1.29 is 13.2 Å². The molecular formula is C17H18N4O3S. The van der Waals surface area contributed by atoms with Gasteiger partial charge in [0.2, 0.25) is 0 Å². The third-order valence-electron chi connectivity index (χ3n) is 3.89. The number of sulfone groups is 1. The van der Waals surface area contributed by atoms with Crippen LogP contribution in [0.15, 0.2) is 47.8 Å². The van der Waals surface area contributed by atoms with Crippen LogP contribution in [0.1, 0.15) is 34.5 Å². The predicted molar refractivity (Wildman–Crippen MR) is 93.2 cm³/mol. The van der Waals surface area contributed by atoms with Crippen LogP contribution in [-0.4, -0.2) is 35.2 Å². The average Bonchev–Trinajstić information content (AvgIpc) is 2.97. The molecule has 2 heterocycles. The van der Waals surface area contributed by atoms with Crippen LogP contribution in [0.5, 0.6) is 0 Å². The molecule has 0 spiro atoms. The lowest BCUT2D eigenvalue weighted by Crippen LogP contribution is -2.26. The van der Waals surface area contributed by atoms with Gasteiger partial charge in [-0.05, 0) is 37.1 Å². The van der Waals surface area contributed by atoms with Crippen molar-refractivity contribution in [2.24, 2.45) is 0 Å². The number of rotatable bonds is 4. The minimum Gasteiger partial charge on any atom is -0.345 e. The number of aryl methyl sites for hydroxylation is 1. The maximum atomic E-state index is 12.5. The number of amides is 1. The summed E-state index contributed by atoms with van der Waals surface area (Å²) in [6, 6.07) is 6.17. The van der Waals surface area contributed by atoms with Gasteiger partial charge in [-0.15, -0.1) is 0 Å². The van der Waals surface area contributed by atoms with Gasteiger partial charge in [-0.1, -0.05) is 12.1 Å². The van der Waals surface area contributed by atoms with Gasteiger partial charge < -0.3 is 5.32 Å². The lowest BCUT2D eigenvalue weighted by atomic mass is 10.1. The van der Waals surface area contributed by atoms with Crippen LogP contribution < -0.4 is 5.32 Å². The van der Waals surface area contributed by atoms with Crippen molar-refractivity contribution in [2.75, 3.05) is 6.26 Å². The van der Waals surface area contributed by atoms with E-state index in [0.29, 0.717) is 11.2 Å². The van der Waals surface area contributed by atoms with Gasteiger partial charge in [0, 0.05) is 18.6 Å². The average molecular weight is 358 g/mol. The standard InChI is InChI=1S/C17H18N4O3S/c1-11-8-18-16-15(9-19-21(16)10-11)17(22)20-12(2)13-4-6-14(7-5-13)25(3,23)24/h4-10,12H,1-3H3,(H,20,22)/t12-/m0/s1. The zero-order chi connectivity index (χ0) is 18.2. The normalized spacial score (nSPS) is 12.9. The molecule has 0 saturated carbocycles. The van der Waals surface area contributed by atoms with Crippen molar-refractivity contribution in [1.29, 1.82) is 0 Å². The second-order valence-electron chi connectivity index (χ2n) is 5.99. The Balaban J connectivity index is 1.80. The monoisotopic (exact) mass is 358 g/mol. The molecule has 1 aromatic carbocycles. The molecule has 3 rings (SSSR count). The molecule has 0 unspecified atom stereocenters. The third kappa shape index (κ3) is 3.53. The van der Waals surface area contributed by atoms with E-state index in [1.165, 1.54) is 18.3 Å². The van der Waals surface area contributed by atoms with Gasteiger partial charge in [-0.3, -0.25) is 4.79 Å². The molecule has 0 aliphatic carbocycles. The fourth-order valence-electron chi connectivity index (χ4n) is 2.49. The van der Waals surface area contributed by atoms with Gasteiger partial charge >= 0.3 is 0 Å². The molecule has 0 fully saturated rings. The van der Waals surface area contributed by atoms with E-state index < -0.39 is 9.84 Å². The van der Waals surface area contributed by atoms with Crippen LogP contribution in [0.3, 0.4) is 0 Å². The second kappa shape index (κ2) is 6.29. The maximum absolute atomic E-state index is 12.5. The summed E-state index contributed by atoms with van der Waals surface area (Å²) >= 11 is 0. The highest BCUT2D eigenvalue weighted by Crippen LogP contribution is 2.17. The molecule has 3 aromatic rings. The summed E-state index contributed by atoms with van der Waals surface area (Å²) in [5.41, 5.74) is 2.63. The highest BCUT2D eigenvalue weighted by molar-refractivity contribution is 7.90. The Hall–Kier alpha value is -2.74. The molecule has 0 saturated heterocycles. The zero-order valence-corrected chi connectivity index (χ0v) is 14.9. The summed E-state index contributed by atoms with van der Waals surface area (Å²) < 4.78 is 24.6. The molecule has 130 valence electrons. The molecule has 25 heavy (non-hydrogen) atoms. The highest BCUT2D eigenvalue weighted by Gasteiger charge is 2.17. The summed E-state index contributed by atoms with van der Waals surface area (Å²) in [7, 11) is -3.24. The molecule has 7 nitrogen and oxygen atoms in total. The van der Waals surface area contributed by atoms with E-state index in [-0.39, 0.29) is 16.8 Å². The van der Waals surface area contributed by atoms with Crippen LogP contribution in [0.25, 0.3) is 5.65 Å². The number of nitrogens with zero attached hydrogens (tertiary/aromatic N) is 3. The number of benzene rings is 1. The van der Waals surface area contributed by atoms with E-state index in [9.17, 15) is 13.2 Å². The molecular weight excluding hydrogens is 340 g/mol. The fraction of sp³-hybridized carbons (Fsp3) is 0.235. The molecule has 1 atom stereocenters. The van der Waals surface area contributed by atoms with Crippen molar-refractivity contribution >= 4 is 21.4 Å². The van der Waals surface area contributed by atoms with Gasteiger partial charge in [-0.25, -0.2) is 17.9 Å². The number of nitrogens with one attached hydrogen (secondary N) is 1. The molecule has 0 radical (unpaired) electrons. The Kier molecular flexibility index (Phi) is 4.30. The second-order valence-corrected chi connectivity index (χ2v) is 8.01. The van der Waals surface area contributed by atoms with Gasteiger partial charge in [0.15, 0.2) is 15.5 Å². The Labute approximate surface area is 145 Å². The SMILES string of the molecule is Cc1cnc2c(C(=O)N[C@@H](C)c3ccc(S(C)(=O)=O)cc3)cnn2c1. The van der Waals surface area contributed by atoms with Crippen LogP contribution in [0, 0.1) is 6.92 Å². The van der Waals surface area contributed by atoms with Crippen LogP contribution in [0.2, 0.25) is 0 Å². The number of hydrogen-bond acceptors (Lipinski definition) is 5. The number of aromatic nitrogens is 3. The van der Waals surface area contributed by atoms with Crippen molar-refractivity contribution in [3.8, 4) is 0 Å². The van der Waals surface area contributed by atoms with Crippen LogP contribution in [-0.2, 0) is 9.84 Å². The van der Waals surface area contributed by atoms with Crippen LogP contribution in [0.4, 0.5) is 0 Å². The molecule has 0 aliphatic heterocycles. The summed E-state index contributed by atoms with van der Waals surface area (Å²) in [5.74, 6) is -0.286. The number of fused-ring (bicyclic) bond motifs is 1. The summed E-state index contributed by atoms with van der Waals surface area (Å²) in [5, 5.41) is 7.03. The van der Waals surface area contributed by atoms with E-state index in [0.717, 1.165) is 17.4 Å². The lowest BCUT2D eigenvalue weighted by Gasteiger charge is -2.14. The maximum Gasteiger partial charge on any atom is 0.257 e. The zero-order valence-electron chi connectivity index (χ0n) is 14.1. The minimum atomic E-state index is -3.24. The van der Waals surface area contributed by atoms with Crippen molar-refractivity contribution in [2.45, 2.75) is 24.8 Å². The third-order valence-corrected chi connectivity index (χ3v) is 5.01. The Morgan fingerprint density at radius 2 is 1.88 bits per heavy atom. The Bertz CT molecular complexity index is 1040. The van der Waals surface area contributed by atoms with Crippen LogP contribution >= 0.6 is 0 Å². The van der Waals surface area contributed by atoms with E-state index in [1.807, 2.05) is 13.8 Å². The predicted octanol–water partition coefficient (Wildman–Crippen LogP) is 1.93. The number of carbonyl (C=O) groups is 1. The van der Waals surface area contributed by atoms with Gasteiger partial charge in [0.25, 0.3) is 5.91 Å². The van der Waals surface area contributed by atoms with E-state index in [2.05, 4.69) is 15.4 Å². The van der Waals surface area contributed by atoms with Crippen molar-refractivity contribution in [3.63, 3.8) is 0 Å². The smallest absolute Gasteiger partial charge is 0.257 e. The largest absolute Gasteiger partial charge is 0.345 e. The first-order valence-electron chi connectivity index (χ1n) is 7.66. The van der Waals surface area contributed by atoms with Crippen molar-refractivity contribution in [3.05, 3.63) is 59.5 Å². The topological polar surface area (TPSA) is 93.4 Å². The number of hydrogen-bond donors (Lipinski definition) is 1. The fourth-order valence-corrected chi connectivity index (χ4v) is 3.12. The molecule has 2 aromatic heterocycles. The molecule has 8 heteroatoms. The number of carbonyl (C=O) groups excluding carboxylic acids is 1. The van der Waals surface area contributed by atoms with Gasteiger partial charge in [-0.2, -0.15) is 5.10 Å². The summed E-state index contributed by atoms with van der Waals surface area (Å²) in [4.78, 5) is 17.0. The Morgan fingerprint density at radius 3 is 2.52 bits per heavy atom. The molecule has 1 amide bonds. The van der Waals surface area contributed by atoms with E-state index in [1.54, 1.807) is 29.0 Å². The summed E-state index contributed by atoms with van der Waals surface area (Å²) in [6.45, 7) is 3.73. The molecule has 1 N–H and O–H groups in total. The highest BCUT2D eigenvalue weighted by atomic mass is 32.2. The van der Waals surface area contributed by atoms with E-state index >= 15 is 0 Å². The van der Waals surface area contributed by atoms with Crippen molar-refractivity contribution in [1.82, 2.24) is 19.9 Å².